The van der Waals surface area contributed by atoms with Gasteiger partial charge in [0.15, 0.2) is 9.41 Å². The molecule has 0 radical (unpaired) electrons. The number of carbonyl (C=O) groups is 1. The fraction of sp³-hybridized carbons (Fsp3) is 0.0476. The first kappa shape index (κ1) is 19.3. The number of thiocarbonyl (C=S) groups is 1. The van der Waals surface area contributed by atoms with Crippen molar-refractivity contribution in [3.63, 3.8) is 0 Å². The minimum absolute atomic E-state index is 0.135. The lowest BCUT2D eigenvalue weighted by atomic mass is 10.2. The van der Waals surface area contributed by atoms with E-state index in [9.17, 15) is 4.79 Å². The van der Waals surface area contributed by atoms with Crippen molar-refractivity contribution in [1.29, 1.82) is 0 Å². The second-order valence-corrected chi connectivity index (χ2v) is 9.26. The van der Waals surface area contributed by atoms with Gasteiger partial charge in [0.25, 0.3) is 5.91 Å². The molecule has 28 heavy (non-hydrogen) atoms. The van der Waals surface area contributed by atoms with Crippen molar-refractivity contribution < 1.29 is 9.21 Å². The van der Waals surface area contributed by atoms with Gasteiger partial charge in [-0.05, 0) is 61.0 Å². The van der Waals surface area contributed by atoms with Crippen molar-refractivity contribution in [3.8, 4) is 0 Å². The molecule has 0 bridgehead atoms. The van der Waals surface area contributed by atoms with Gasteiger partial charge < -0.3 is 4.42 Å². The molecule has 2 aromatic carbocycles. The van der Waals surface area contributed by atoms with Crippen LogP contribution in [0.25, 0.3) is 6.08 Å². The largest absolute Gasteiger partial charge is 0.450 e. The van der Waals surface area contributed by atoms with Gasteiger partial charge >= 0.3 is 0 Å². The Morgan fingerprint density at radius 2 is 1.93 bits per heavy atom. The van der Waals surface area contributed by atoms with E-state index in [4.69, 9.17) is 28.2 Å². The summed E-state index contributed by atoms with van der Waals surface area (Å²) in [5.74, 6) is 0.477. The summed E-state index contributed by atoms with van der Waals surface area (Å²) >= 11 is 14.1. The SMILES string of the molecule is Cc1cccc(N2C(=O)/C(=C\c3ccc(Sc4ccc(Cl)cc4)o3)SC2=S)c1. The Morgan fingerprint density at radius 3 is 2.68 bits per heavy atom. The van der Waals surface area contributed by atoms with Crippen LogP contribution in [0.2, 0.25) is 5.02 Å². The monoisotopic (exact) mass is 443 g/mol. The molecule has 1 aliphatic heterocycles. The third-order valence-electron chi connectivity index (χ3n) is 3.96. The molecule has 140 valence electrons. The maximum absolute atomic E-state index is 12.9. The molecular formula is C21H14ClNO2S3. The number of halogens is 1. The molecule has 2 heterocycles. The van der Waals surface area contributed by atoms with E-state index in [0.717, 1.165) is 21.2 Å². The smallest absolute Gasteiger partial charge is 0.270 e. The Labute approximate surface area is 181 Å². The Bertz CT molecular complexity index is 1090. The number of hydrogen-bond acceptors (Lipinski definition) is 5. The number of benzene rings is 2. The summed E-state index contributed by atoms with van der Waals surface area (Å²) in [6.45, 7) is 1.99. The third-order valence-corrected chi connectivity index (χ3v) is 6.44. The second-order valence-electron chi connectivity index (χ2n) is 6.07. The van der Waals surface area contributed by atoms with E-state index < -0.39 is 0 Å². The van der Waals surface area contributed by atoms with E-state index in [-0.39, 0.29) is 5.91 Å². The summed E-state index contributed by atoms with van der Waals surface area (Å²) in [6, 6.07) is 19.0. The topological polar surface area (TPSA) is 33.5 Å². The summed E-state index contributed by atoms with van der Waals surface area (Å²) in [4.78, 5) is 16.0. The molecule has 3 aromatic rings. The third kappa shape index (κ3) is 4.20. The summed E-state index contributed by atoms with van der Waals surface area (Å²) in [7, 11) is 0. The van der Waals surface area contributed by atoms with Gasteiger partial charge in [0.2, 0.25) is 0 Å². The number of carbonyl (C=O) groups excluding carboxylic acids is 1. The van der Waals surface area contributed by atoms with Crippen molar-refractivity contribution in [2.45, 2.75) is 16.9 Å². The van der Waals surface area contributed by atoms with Gasteiger partial charge in [-0.25, -0.2) is 0 Å². The Hall–Kier alpha value is -1.99. The van der Waals surface area contributed by atoms with Crippen LogP contribution in [0.4, 0.5) is 5.69 Å². The lowest BCUT2D eigenvalue weighted by molar-refractivity contribution is -0.113. The van der Waals surface area contributed by atoms with Crippen LogP contribution >= 0.6 is 47.3 Å². The molecule has 0 aliphatic carbocycles. The quantitative estimate of drug-likeness (QED) is 0.327. The fourth-order valence-corrected chi connectivity index (χ4v) is 4.86. The van der Waals surface area contributed by atoms with Crippen molar-refractivity contribution >= 4 is 69.3 Å². The molecule has 1 fully saturated rings. The number of thioether (sulfide) groups is 1. The highest BCUT2D eigenvalue weighted by Gasteiger charge is 2.33. The molecule has 0 saturated carbocycles. The van der Waals surface area contributed by atoms with Crippen molar-refractivity contribution in [2.75, 3.05) is 4.90 Å². The van der Waals surface area contributed by atoms with Crippen molar-refractivity contribution in [3.05, 3.63) is 81.9 Å². The van der Waals surface area contributed by atoms with E-state index >= 15 is 0 Å². The maximum atomic E-state index is 12.9. The molecule has 0 spiro atoms. The van der Waals surface area contributed by atoms with E-state index in [1.165, 1.54) is 23.5 Å². The van der Waals surface area contributed by atoms with Crippen LogP contribution in [0.3, 0.4) is 0 Å². The zero-order chi connectivity index (χ0) is 19.7. The molecule has 1 saturated heterocycles. The number of nitrogens with zero attached hydrogens (tertiary/aromatic N) is 1. The molecule has 3 nitrogen and oxygen atoms in total. The molecule has 0 atom stereocenters. The Kier molecular flexibility index (Phi) is 5.64. The van der Waals surface area contributed by atoms with Crippen LogP contribution in [0, 0.1) is 6.92 Å². The normalized spacial score (nSPS) is 15.6. The highest BCUT2D eigenvalue weighted by atomic mass is 35.5. The predicted molar refractivity (Wildman–Crippen MR) is 121 cm³/mol. The number of rotatable bonds is 4. The molecule has 7 heteroatoms. The van der Waals surface area contributed by atoms with Crippen molar-refractivity contribution in [2.24, 2.45) is 0 Å². The number of amides is 1. The molecule has 1 amide bonds. The molecule has 1 aromatic heterocycles. The number of anilines is 1. The van der Waals surface area contributed by atoms with Gasteiger partial charge in [-0.15, -0.1) is 0 Å². The van der Waals surface area contributed by atoms with E-state index in [2.05, 4.69) is 0 Å². The number of aryl methyl sites for hydroxylation is 1. The van der Waals surface area contributed by atoms with Crippen LogP contribution in [0.1, 0.15) is 11.3 Å². The first-order chi connectivity index (χ1) is 13.5. The van der Waals surface area contributed by atoms with Crippen LogP contribution in [0.5, 0.6) is 0 Å². The number of furan rings is 1. The zero-order valence-electron chi connectivity index (χ0n) is 14.7. The first-order valence-corrected chi connectivity index (χ1v) is 10.8. The average Bonchev–Trinajstić information content (AvgIpc) is 3.21. The van der Waals surface area contributed by atoms with Gasteiger partial charge in [0.05, 0.1) is 10.6 Å². The minimum atomic E-state index is -0.135. The molecule has 4 rings (SSSR count). The Balaban J connectivity index is 1.53. The van der Waals surface area contributed by atoms with Gasteiger partial charge in [-0.2, -0.15) is 0 Å². The van der Waals surface area contributed by atoms with Crippen LogP contribution in [0.15, 0.2) is 80.0 Å². The van der Waals surface area contributed by atoms with Gasteiger partial charge in [-0.3, -0.25) is 9.69 Å². The highest BCUT2D eigenvalue weighted by molar-refractivity contribution is 8.27. The van der Waals surface area contributed by atoms with Crippen molar-refractivity contribution in [1.82, 2.24) is 0 Å². The maximum Gasteiger partial charge on any atom is 0.270 e. The van der Waals surface area contributed by atoms with Gasteiger partial charge in [0, 0.05) is 16.0 Å². The number of hydrogen-bond donors (Lipinski definition) is 0. The lowest BCUT2D eigenvalue weighted by Gasteiger charge is -2.14. The second kappa shape index (κ2) is 8.17. The summed E-state index contributed by atoms with van der Waals surface area (Å²) in [5, 5.41) is 1.43. The fourth-order valence-electron chi connectivity index (χ4n) is 2.67. The minimum Gasteiger partial charge on any atom is -0.450 e. The van der Waals surface area contributed by atoms with Crippen LogP contribution < -0.4 is 4.90 Å². The van der Waals surface area contributed by atoms with Gasteiger partial charge in [0.1, 0.15) is 5.76 Å². The van der Waals surface area contributed by atoms with E-state index in [0.29, 0.717) is 20.0 Å². The lowest BCUT2D eigenvalue weighted by Crippen LogP contribution is -2.27. The van der Waals surface area contributed by atoms with Crippen LogP contribution in [-0.2, 0) is 4.79 Å². The molecule has 0 N–H and O–H groups in total. The van der Waals surface area contributed by atoms with Gasteiger partial charge in [-0.1, -0.05) is 59.5 Å². The predicted octanol–water partition coefficient (Wildman–Crippen LogP) is 6.80. The summed E-state index contributed by atoms with van der Waals surface area (Å²) < 4.78 is 6.37. The van der Waals surface area contributed by atoms with E-state index in [1.807, 2.05) is 67.6 Å². The molecule has 1 aliphatic rings. The van der Waals surface area contributed by atoms with Crippen LogP contribution in [-0.4, -0.2) is 10.2 Å². The summed E-state index contributed by atoms with van der Waals surface area (Å²) in [5.41, 5.74) is 1.86. The van der Waals surface area contributed by atoms with E-state index in [1.54, 1.807) is 11.0 Å². The molecule has 0 unspecified atom stereocenters. The highest BCUT2D eigenvalue weighted by Crippen LogP contribution is 2.37. The molecular weight excluding hydrogens is 430 g/mol. The first-order valence-electron chi connectivity index (χ1n) is 8.37. The average molecular weight is 444 g/mol. The standard InChI is InChI=1S/C21H14ClNO2S3/c1-13-3-2-4-15(11-13)23-20(24)18(28-21(23)26)12-16-7-10-19(25-16)27-17-8-5-14(22)6-9-17/h2-12H,1H3/b18-12+. The summed E-state index contributed by atoms with van der Waals surface area (Å²) in [6.07, 6.45) is 1.74. The Morgan fingerprint density at radius 1 is 1.14 bits per heavy atom. The zero-order valence-corrected chi connectivity index (χ0v) is 17.9.